The van der Waals surface area contributed by atoms with Gasteiger partial charge in [-0.1, -0.05) is 37.3 Å². The van der Waals surface area contributed by atoms with E-state index < -0.39 is 0 Å². The summed E-state index contributed by atoms with van der Waals surface area (Å²) in [6, 6.07) is 10.1. The van der Waals surface area contributed by atoms with E-state index in [0.29, 0.717) is 18.2 Å². The maximum absolute atomic E-state index is 11.8. The first-order valence-corrected chi connectivity index (χ1v) is 6.26. The van der Waals surface area contributed by atoms with Crippen LogP contribution in [0.3, 0.4) is 0 Å². The zero-order chi connectivity index (χ0) is 12.3. The third-order valence-corrected chi connectivity index (χ3v) is 3.27. The average molecular weight is 248 g/mol. The van der Waals surface area contributed by atoms with E-state index >= 15 is 0 Å². The molecule has 0 N–H and O–H groups in total. The summed E-state index contributed by atoms with van der Waals surface area (Å²) in [7, 11) is 0. The maximum Gasteiger partial charge on any atom is 0.248 e. The number of amides is 1. The van der Waals surface area contributed by atoms with Crippen molar-refractivity contribution >= 4 is 23.2 Å². The number of hydrogen-bond acceptors (Lipinski definition) is 2. The molecule has 1 aliphatic rings. The summed E-state index contributed by atoms with van der Waals surface area (Å²) >= 11 is 5.33. The highest BCUT2D eigenvalue weighted by atomic mass is 32.1. The highest BCUT2D eigenvalue weighted by Crippen LogP contribution is 2.14. The largest absolute Gasteiger partial charge is 0.335 e. The monoisotopic (exact) mass is 248 g/mol. The molecule has 0 bridgehead atoms. The molecule has 0 radical (unpaired) electrons. The Morgan fingerprint density at radius 2 is 2.00 bits per heavy atom. The summed E-state index contributed by atoms with van der Waals surface area (Å²) in [4.78, 5) is 15.4. The number of carbonyl (C=O) groups excluding carboxylic acids is 1. The first-order chi connectivity index (χ1) is 8.22. The van der Waals surface area contributed by atoms with Crippen LogP contribution in [0.2, 0.25) is 0 Å². The van der Waals surface area contributed by atoms with Crippen molar-refractivity contribution in [1.82, 2.24) is 9.80 Å². The molecule has 0 aromatic heterocycles. The quantitative estimate of drug-likeness (QED) is 0.762. The first kappa shape index (κ1) is 12.0. The Bertz CT molecular complexity index is 419. The molecule has 1 aliphatic heterocycles. The van der Waals surface area contributed by atoms with Crippen LogP contribution in [0, 0.1) is 0 Å². The van der Waals surface area contributed by atoms with E-state index in [-0.39, 0.29) is 5.91 Å². The molecule has 1 saturated heterocycles. The van der Waals surface area contributed by atoms with Crippen molar-refractivity contribution in [2.75, 3.05) is 13.1 Å². The molecule has 1 aromatic carbocycles. The van der Waals surface area contributed by atoms with Crippen LogP contribution in [-0.2, 0) is 11.3 Å². The smallest absolute Gasteiger partial charge is 0.248 e. The van der Waals surface area contributed by atoms with Gasteiger partial charge in [-0.3, -0.25) is 9.69 Å². The van der Waals surface area contributed by atoms with Crippen LogP contribution < -0.4 is 0 Å². The van der Waals surface area contributed by atoms with E-state index in [9.17, 15) is 4.79 Å². The zero-order valence-corrected chi connectivity index (χ0v) is 10.7. The molecule has 1 amide bonds. The minimum atomic E-state index is 0.118. The van der Waals surface area contributed by atoms with Crippen molar-refractivity contribution in [2.24, 2.45) is 0 Å². The molecule has 0 saturated carbocycles. The van der Waals surface area contributed by atoms with Gasteiger partial charge in [0.25, 0.3) is 0 Å². The van der Waals surface area contributed by atoms with Gasteiger partial charge in [0.15, 0.2) is 5.11 Å². The second-order valence-corrected chi connectivity index (χ2v) is 4.53. The second kappa shape index (κ2) is 5.27. The molecule has 90 valence electrons. The van der Waals surface area contributed by atoms with Crippen molar-refractivity contribution < 1.29 is 4.79 Å². The van der Waals surface area contributed by atoms with Crippen LogP contribution in [0.25, 0.3) is 0 Å². The van der Waals surface area contributed by atoms with Crippen molar-refractivity contribution in [3.63, 3.8) is 0 Å². The Morgan fingerprint density at radius 3 is 2.65 bits per heavy atom. The predicted molar refractivity (Wildman–Crippen MR) is 71.5 cm³/mol. The number of rotatable bonds is 4. The van der Waals surface area contributed by atoms with Crippen LogP contribution in [0.1, 0.15) is 18.9 Å². The number of benzene rings is 1. The molecule has 1 aromatic rings. The number of nitrogens with zero attached hydrogens (tertiary/aromatic N) is 2. The third kappa shape index (κ3) is 2.64. The Morgan fingerprint density at radius 1 is 1.29 bits per heavy atom. The summed E-state index contributed by atoms with van der Waals surface area (Å²) in [5.41, 5.74) is 1.18. The van der Waals surface area contributed by atoms with Crippen LogP contribution >= 0.6 is 12.2 Å². The van der Waals surface area contributed by atoms with Gasteiger partial charge in [0.1, 0.15) is 0 Å². The Labute approximate surface area is 107 Å². The van der Waals surface area contributed by atoms with Gasteiger partial charge in [0.05, 0.1) is 6.54 Å². The summed E-state index contributed by atoms with van der Waals surface area (Å²) < 4.78 is 0. The molecule has 1 fully saturated rings. The van der Waals surface area contributed by atoms with E-state index in [4.69, 9.17) is 12.2 Å². The molecule has 4 heteroatoms. The van der Waals surface area contributed by atoms with E-state index in [0.717, 1.165) is 13.0 Å². The molecule has 0 atom stereocenters. The number of thiocarbonyl (C=S) groups is 1. The standard InChI is InChI=1S/C13H16N2OS/c1-2-8-15-12(16)10-14(13(15)17)9-11-6-4-3-5-7-11/h3-7H,2,8-10H2,1H3. The fraction of sp³-hybridized carbons (Fsp3) is 0.385. The topological polar surface area (TPSA) is 23.6 Å². The fourth-order valence-corrected chi connectivity index (χ4v) is 2.29. The molecule has 17 heavy (non-hydrogen) atoms. The number of carbonyl (C=O) groups is 1. The Kier molecular flexibility index (Phi) is 3.74. The summed E-state index contributed by atoms with van der Waals surface area (Å²) in [5.74, 6) is 0.118. The maximum atomic E-state index is 11.8. The minimum absolute atomic E-state index is 0.118. The van der Waals surface area contributed by atoms with Gasteiger partial charge in [-0.15, -0.1) is 0 Å². The van der Waals surface area contributed by atoms with Crippen LogP contribution in [0.5, 0.6) is 0 Å². The van der Waals surface area contributed by atoms with Gasteiger partial charge in [-0.2, -0.15) is 0 Å². The molecular weight excluding hydrogens is 232 g/mol. The van der Waals surface area contributed by atoms with E-state index in [2.05, 4.69) is 19.1 Å². The van der Waals surface area contributed by atoms with Crippen LogP contribution in [0.4, 0.5) is 0 Å². The lowest BCUT2D eigenvalue weighted by atomic mass is 10.2. The zero-order valence-electron chi connectivity index (χ0n) is 9.93. The van der Waals surface area contributed by atoms with Gasteiger partial charge in [-0.05, 0) is 24.2 Å². The van der Waals surface area contributed by atoms with Crippen molar-refractivity contribution in [3.05, 3.63) is 35.9 Å². The van der Waals surface area contributed by atoms with Gasteiger partial charge >= 0.3 is 0 Å². The van der Waals surface area contributed by atoms with Crippen LogP contribution in [-0.4, -0.2) is 33.9 Å². The highest BCUT2D eigenvalue weighted by Gasteiger charge is 2.31. The lowest BCUT2D eigenvalue weighted by Crippen LogP contribution is -2.33. The summed E-state index contributed by atoms with van der Waals surface area (Å²) in [6.45, 7) is 3.90. The van der Waals surface area contributed by atoms with E-state index in [1.807, 2.05) is 23.1 Å². The lowest BCUT2D eigenvalue weighted by Gasteiger charge is -2.19. The normalized spacial score (nSPS) is 15.8. The fourth-order valence-electron chi connectivity index (χ4n) is 1.96. The molecule has 1 heterocycles. The number of hydrogen-bond donors (Lipinski definition) is 0. The van der Waals surface area contributed by atoms with Crippen molar-refractivity contribution in [1.29, 1.82) is 0 Å². The molecule has 2 rings (SSSR count). The first-order valence-electron chi connectivity index (χ1n) is 5.85. The van der Waals surface area contributed by atoms with Gasteiger partial charge in [-0.25, -0.2) is 0 Å². The lowest BCUT2D eigenvalue weighted by molar-refractivity contribution is -0.125. The molecular formula is C13H16N2OS. The van der Waals surface area contributed by atoms with Gasteiger partial charge in [0.2, 0.25) is 5.91 Å². The van der Waals surface area contributed by atoms with Gasteiger partial charge < -0.3 is 4.90 Å². The van der Waals surface area contributed by atoms with Crippen LogP contribution in [0.15, 0.2) is 30.3 Å². The van der Waals surface area contributed by atoms with Crippen molar-refractivity contribution in [3.8, 4) is 0 Å². The molecule has 0 unspecified atom stereocenters. The van der Waals surface area contributed by atoms with E-state index in [1.165, 1.54) is 5.56 Å². The molecule has 0 spiro atoms. The van der Waals surface area contributed by atoms with E-state index in [1.54, 1.807) is 4.90 Å². The average Bonchev–Trinajstić information content (AvgIpc) is 2.59. The molecule has 3 nitrogen and oxygen atoms in total. The van der Waals surface area contributed by atoms with Gasteiger partial charge in [0, 0.05) is 13.1 Å². The minimum Gasteiger partial charge on any atom is -0.335 e. The second-order valence-electron chi connectivity index (χ2n) is 4.17. The van der Waals surface area contributed by atoms with Crippen molar-refractivity contribution in [2.45, 2.75) is 19.9 Å². The highest BCUT2D eigenvalue weighted by molar-refractivity contribution is 7.80. The SMILES string of the molecule is CCCN1C(=O)CN(Cc2ccccc2)C1=S. The Balaban J connectivity index is 2.04. The molecule has 0 aliphatic carbocycles. The third-order valence-electron chi connectivity index (χ3n) is 2.79. The predicted octanol–water partition coefficient (Wildman–Crippen LogP) is 2.03. The summed E-state index contributed by atoms with van der Waals surface area (Å²) in [5, 5.41) is 0.667. The Hall–Kier alpha value is -1.42. The summed E-state index contributed by atoms with van der Waals surface area (Å²) in [6.07, 6.45) is 0.936.